The van der Waals surface area contributed by atoms with Crippen molar-refractivity contribution in [3.63, 3.8) is 0 Å². The van der Waals surface area contributed by atoms with Crippen molar-refractivity contribution in [1.82, 2.24) is 9.71 Å². The second-order valence-corrected chi connectivity index (χ2v) is 7.96. The molecular formula is C17H13F3N2O2S2. The Labute approximate surface area is 152 Å². The van der Waals surface area contributed by atoms with Crippen molar-refractivity contribution in [3.8, 4) is 11.3 Å². The number of aromatic nitrogens is 1. The minimum absolute atomic E-state index is 0.00299. The molecule has 3 aromatic rings. The van der Waals surface area contributed by atoms with Gasteiger partial charge in [0, 0.05) is 23.7 Å². The summed E-state index contributed by atoms with van der Waals surface area (Å²) in [4.78, 5) is 4.02. The summed E-state index contributed by atoms with van der Waals surface area (Å²) in [5.74, 6) is 0. The molecule has 0 aliphatic heterocycles. The number of nitrogens with zero attached hydrogens (tertiary/aromatic N) is 1. The average molecular weight is 398 g/mol. The maximum absolute atomic E-state index is 12.6. The normalized spacial score (nSPS) is 12.3. The monoisotopic (exact) mass is 398 g/mol. The van der Waals surface area contributed by atoms with Crippen LogP contribution in [0.3, 0.4) is 0 Å². The zero-order valence-electron chi connectivity index (χ0n) is 13.2. The number of benzene rings is 1. The molecule has 3 rings (SSSR count). The van der Waals surface area contributed by atoms with Gasteiger partial charge in [0.05, 0.1) is 16.2 Å². The highest BCUT2D eigenvalue weighted by Gasteiger charge is 2.30. The fourth-order valence-electron chi connectivity index (χ4n) is 2.24. The molecule has 1 aromatic carbocycles. The van der Waals surface area contributed by atoms with Crippen LogP contribution in [0.15, 0.2) is 64.3 Å². The average Bonchev–Trinajstić information content (AvgIpc) is 3.14. The van der Waals surface area contributed by atoms with Crippen LogP contribution in [0.2, 0.25) is 0 Å². The third kappa shape index (κ3) is 4.29. The topological polar surface area (TPSA) is 59.1 Å². The van der Waals surface area contributed by atoms with Crippen molar-refractivity contribution in [2.24, 2.45) is 0 Å². The Hall–Kier alpha value is -2.23. The predicted molar refractivity (Wildman–Crippen MR) is 93.0 cm³/mol. The van der Waals surface area contributed by atoms with Crippen LogP contribution in [-0.4, -0.2) is 13.4 Å². The van der Waals surface area contributed by atoms with E-state index in [0.717, 1.165) is 35.5 Å². The Bertz CT molecular complexity index is 984. The third-order valence-corrected chi connectivity index (χ3v) is 5.70. The highest BCUT2D eigenvalue weighted by Crippen LogP contribution is 2.29. The van der Waals surface area contributed by atoms with Crippen LogP contribution in [-0.2, 0) is 22.7 Å². The lowest BCUT2D eigenvalue weighted by atomic mass is 10.1. The van der Waals surface area contributed by atoms with Crippen LogP contribution in [0, 0.1) is 0 Å². The van der Waals surface area contributed by atoms with Crippen LogP contribution in [0.5, 0.6) is 0 Å². The zero-order valence-corrected chi connectivity index (χ0v) is 14.8. The Balaban J connectivity index is 1.73. The van der Waals surface area contributed by atoms with Crippen LogP contribution in [0.4, 0.5) is 13.2 Å². The Morgan fingerprint density at radius 3 is 2.42 bits per heavy atom. The molecule has 0 aliphatic carbocycles. The fraction of sp³-hybridized carbons (Fsp3) is 0.118. The number of sulfonamides is 1. The minimum Gasteiger partial charge on any atom is -0.256 e. The molecule has 0 bridgehead atoms. The first-order valence-electron chi connectivity index (χ1n) is 7.40. The first-order valence-corrected chi connectivity index (χ1v) is 9.83. The van der Waals surface area contributed by atoms with Crippen molar-refractivity contribution >= 4 is 21.4 Å². The summed E-state index contributed by atoms with van der Waals surface area (Å²) in [5, 5.41) is 3.84. The van der Waals surface area contributed by atoms with Gasteiger partial charge < -0.3 is 0 Å². The number of thiophene rings is 1. The summed E-state index contributed by atoms with van der Waals surface area (Å²) >= 11 is 1.53. The van der Waals surface area contributed by atoms with Gasteiger partial charge in [0.25, 0.3) is 0 Å². The first kappa shape index (κ1) is 18.6. The summed E-state index contributed by atoms with van der Waals surface area (Å²) in [6, 6.07) is 8.71. The molecular weight excluding hydrogens is 385 g/mol. The summed E-state index contributed by atoms with van der Waals surface area (Å²) < 4.78 is 64.6. The minimum atomic E-state index is -4.51. The Morgan fingerprint density at radius 2 is 1.81 bits per heavy atom. The van der Waals surface area contributed by atoms with Gasteiger partial charge in [0.15, 0.2) is 0 Å². The van der Waals surface area contributed by atoms with Gasteiger partial charge >= 0.3 is 6.18 Å². The van der Waals surface area contributed by atoms with Gasteiger partial charge in [-0.05, 0) is 53.4 Å². The molecule has 0 saturated carbocycles. The molecule has 2 aromatic heterocycles. The molecule has 0 spiro atoms. The van der Waals surface area contributed by atoms with Gasteiger partial charge in [-0.2, -0.15) is 24.5 Å². The standard InChI is InChI=1S/C17H13F3N2O2S2/c18-17(19,20)14-1-3-15(4-2-14)26(23,24)22-10-12-5-7-21-16(9-12)13-6-8-25-11-13/h1-9,11,22H,10H2. The van der Waals surface area contributed by atoms with Crippen molar-refractivity contribution in [2.45, 2.75) is 17.6 Å². The summed E-state index contributed by atoms with van der Waals surface area (Å²) in [6.45, 7) is 0.00299. The van der Waals surface area contributed by atoms with Gasteiger partial charge in [0.2, 0.25) is 10.0 Å². The van der Waals surface area contributed by atoms with Gasteiger partial charge in [-0.3, -0.25) is 4.98 Å². The highest BCUT2D eigenvalue weighted by atomic mass is 32.2. The van der Waals surface area contributed by atoms with E-state index in [2.05, 4.69) is 9.71 Å². The van der Waals surface area contributed by atoms with Crippen LogP contribution in [0.1, 0.15) is 11.1 Å². The summed E-state index contributed by atoms with van der Waals surface area (Å²) in [6.07, 6.45) is -2.93. The molecule has 0 unspecified atom stereocenters. The molecule has 2 heterocycles. The highest BCUT2D eigenvalue weighted by molar-refractivity contribution is 7.89. The second kappa shape index (κ2) is 7.18. The molecule has 0 atom stereocenters. The number of pyridine rings is 1. The number of nitrogens with one attached hydrogen (secondary N) is 1. The lowest BCUT2D eigenvalue weighted by molar-refractivity contribution is -0.137. The lowest BCUT2D eigenvalue weighted by Gasteiger charge is -2.10. The van der Waals surface area contributed by atoms with E-state index >= 15 is 0 Å². The first-order chi connectivity index (χ1) is 12.3. The second-order valence-electron chi connectivity index (χ2n) is 5.41. The summed E-state index contributed by atoms with van der Waals surface area (Å²) in [7, 11) is -3.92. The lowest BCUT2D eigenvalue weighted by Crippen LogP contribution is -2.23. The quantitative estimate of drug-likeness (QED) is 0.697. The smallest absolute Gasteiger partial charge is 0.256 e. The van der Waals surface area contributed by atoms with Gasteiger partial charge in [0.1, 0.15) is 0 Å². The maximum atomic E-state index is 12.6. The van der Waals surface area contributed by atoms with E-state index in [1.165, 1.54) is 11.3 Å². The van der Waals surface area contributed by atoms with Gasteiger partial charge in [-0.25, -0.2) is 13.1 Å². The number of hydrogen-bond acceptors (Lipinski definition) is 4. The van der Waals surface area contributed by atoms with Crippen molar-refractivity contribution in [2.75, 3.05) is 0 Å². The van der Waals surface area contributed by atoms with Crippen molar-refractivity contribution in [1.29, 1.82) is 0 Å². The molecule has 4 nitrogen and oxygen atoms in total. The maximum Gasteiger partial charge on any atom is 0.416 e. The predicted octanol–water partition coefficient (Wildman–Crippen LogP) is 4.31. The number of hydrogen-bond donors (Lipinski definition) is 1. The molecule has 136 valence electrons. The van der Waals surface area contributed by atoms with Crippen LogP contribution >= 0.6 is 11.3 Å². The number of rotatable bonds is 5. The molecule has 1 N–H and O–H groups in total. The van der Waals surface area contributed by atoms with Gasteiger partial charge in [-0.1, -0.05) is 0 Å². The van der Waals surface area contributed by atoms with Crippen LogP contribution in [0.25, 0.3) is 11.3 Å². The Morgan fingerprint density at radius 1 is 1.08 bits per heavy atom. The van der Waals surface area contributed by atoms with Crippen molar-refractivity contribution < 1.29 is 21.6 Å². The van der Waals surface area contributed by atoms with E-state index < -0.39 is 21.8 Å². The molecule has 26 heavy (non-hydrogen) atoms. The van der Waals surface area contributed by atoms with Crippen molar-refractivity contribution in [3.05, 3.63) is 70.5 Å². The fourth-order valence-corrected chi connectivity index (χ4v) is 3.90. The van der Waals surface area contributed by atoms with E-state index in [9.17, 15) is 21.6 Å². The SMILES string of the molecule is O=S(=O)(NCc1ccnc(-c2ccsc2)c1)c1ccc(C(F)(F)F)cc1. The summed E-state index contributed by atoms with van der Waals surface area (Å²) in [5.41, 5.74) is 1.45. The number of halogens is 3. The molecule has 0 amide bonds. The van der Waals surface area contributed by atoms with E-state index in [4.69, 9.17) is 0 Å². The van der Waals surface area contributed by atoms with E-state index in [1.807, 2.05) is 16.8 Å². The molecule has 0 saturated heterocycles. The molecule has 0 fully saturated rings. The van der Waals surface area contributed by atoms with Gasteiger partial charge in [-0.15, -0.1) is 0 Å². The largest absolute Gasteiger partial charge is 0.416 e. The molecule has 9 heteroatoms. The number of alkyl halides is 3. The Kier molecular flexibility index (Phi) is 5.12. The third-order valence-electron chi connectivity index (χ3n) is 3.60. The zero-order chi connectivity index (χ0) is 18.8. The molecule has 0 aliphatic rings. The van der Waals surface area contributed by atoms with E-state index in [-0.39, 0.29) is 11.4 Å². The van der Waals surface area contributed by atoms with E-state index in [0.29, 0.717) is 5.56 Å². The molecule has 0 radical (unpaired) electrons. The van der Waals surface area contributed by atoms with E-state index in [1.54, 1.807) is 18.3 Å². The van der Waals surface area contributed by atoms with Crippen LogP contribution < -0.4 is 4.72 Å².